The topological polar surface area (TPSA) is 17.1 Å². The third-order valence-electron chi connectivity index (χ3n) is 1.64. The summed E-state index contributed by atoms with van der Waals surface area (Å²) in [6, 6.07) is 7.45. The van der Waals surface area contributed by atoms with E-state index in [0.29, 0.717) is 5.56 Å². The van der Waals surface area contributed by atoms with Gasteiger partial charge in [0, 0.05) is 11.6 Å². The molecule has 0 unspecified atom stereocenters. The molecule has 0 amide bonds. The summed E-state index contributed by atoms with van der Waals surface area (Å²) in [5.74, 6) is -0.0388. The Kier molecular flexibility index (Phi) is 2.62. The Bertz CT molecular complexity index is 344. The maximum absolute atomic E-state index is 11.3. The predicted octanol–water partition coefficient (Wildman–Crippen LogP) is 2.52. The van der Waals surface area contributed by atoms with Gasteiger partial charge in [-0.2, -0.15) is 0 Å². The van der Waals surface area contributed by atoms with Crippen LogP contribution in [-0.2, 0) is 0 Å². The lowest BCUT2D eigenvalue weighted by molar-refractivity contribution is 0.104. The molecule has 1 aromatic carbocycles. The fourth-order valence-electron chi connectivity index (χ4n) is 1.02. The highest BCUT2D eigenvalue weighted by atomic mass is 16.1. The average Bonchev–Trinajstić information content (AvgIpc) is 2.05. The van der Waals surface area contributed by atoms with Gasteiger partial charge in [-0.3, -0.25) is 4.79 Å². The van der Waals surface area contributed by atoms with Crippen LogP contribution in [0.25, 0.3) is 0 Å². The standard InChI is InChI=1S/C11H10O/c1-3-6-11(12)10-8-5-4-7-9(10)2/h4-8H,1H2,2H3. The fourth-order valence-corrected chi connectivity index (χ4v) is 1.02. The highest BCUT2D eigenvalue weighted by Gasteiger charge is 2.02. The molecule has 0 heterocycles. The summed E-state index contributed by atoms with van der Waals surface area (Å²) in [5.41, 5.74) is 4.17. The van der Waals surface area contributed by atoms with Crippen LogP contribution >= 0.6 is 0 Å². The molecule has 0 spiro atoms. The van der Waals surface area contributed by atoms with Gasteiger partial charge in [-0.25, -0.2) is 0 Å². The molecule has 0 aliphatic rings. The van der Waals surface area contributed by atoms with Crippen molar-refractivity contribution in [3.05, 3.63) is 53.8 Å². The number of allylic oxidation sites excluding steroid dienone is 1. The summed E-state index contributed by atoms with van der Waals surface area (Å²) in [7, 11) is 0. The van der Waals surface area contributed by atoms with Gasteiger partial charge >= 0.3 is 0 Å². The van der Waals surface area contributed by atoms with Crippen LogP contribution in [0.1, 0.15) is 15.9 Å². The van der Waals surface area contributed by atoms with Crippen LogP contribution in [0.2, 0.25) is 0 Å². The number of hydrogen-bond donors (Lipinski definition) is 0. The summed E-state index contributed by atoms with van der Waals surface area (Å²) >= 11 is 0. The van der Waals surface area contributed by atoms with Crippen molar-refractivity contribution in [2.24, 2.45) is 0 Å². The van der Waals surface area contributed by atoms with Crippen molar-refractivity contribution in [1.82, 2.24) is 0 Å². The Morgan fingerprint density at radius 3 is 2.75 bits per heavy atom. The highest BCUT2D eigenvalue weighted by Crippen LogP contribution is 2.07. The van der Waals surface area contributed by atoms with E-state index < -0.39 is 0 Å². The van der Waals surface area contributed by atoms with Crippen LogP contribution in [0.3, 0.4) is 0 Å². The van der Waals surface area contributed by atoms with E-state index in [1.807, 2.05) is 25.1 Å². The molecule has 1 aromatic rings. The van der Waals surface area contributed by atoms with Gasteiger partial charge in [0.15, 0.2) is 5.78 Å². The summed E-state index contributed by atoms with van der Waals surface area (Å²) in [6.45, 7) is 5.26. The van der Waals surface area contributed by atoms with Crippen molar-refractivity contribution in [1.29, 1.82) is 0 Å². The van der Waals surface area contributed by atoms with Crippen molar-refractivity contribution in [2.45, 2.75) is 6.92 Å². The van der Waals surface area contributed by atoms with Crippen molar-refractivity contribution < 1.29 is 4.79 Å². The van der Waals surface area contributed by atoms with Crippen LogP contribution in [0.5, 0.6) is 0 Å². The first-order valence-corrected chi connectivity index (χ1v) is 3.71. The van der Waals surface area contributed by atoms with Crippen molar-refractivity contribution in [3.63, 3.8) is 0 Å². The average molecular weight is 158 g/mol. The molecular formula is C11H10O. The number of carbonyl (C=O) groups excluding carboxylic acids is 1. The molecule has 0 aromatic heterocycles. The zero-order valence-electron chi connectivity index (χ0n) is 7.00. The quantitative estimate of drug-likeness (QED) is 0.367. The molecule has 0 bridgehead atoms. The van der Waals surface area contributed by atoms with Gasteiger partial charge in [0.2, 0.25) is 0 Å². The summed E-state index contributed by atoms with van der Waals surface area (Å²) in [5, 5.41) is 0. The lowest BCUT2D eigenvalue weighted by atomic mass is 10.1. The fraction of sp³-hybridized carbons (Fsp3) is 0.0909. The third kappa shape index (κ3) is 1.71. The Morgan fingerprint density at radius 2 is 2.17 bits per heavy atom. The van der Waals surface area contributed by atoms with Crippen LogP contribution in [0.4, 0.5) is 0 Å². The Morgan fingerprint density at radius 1 is 1.50 bits per heavy atom. The predicted molar refractivity (Wildman–Crippen MR) is 49.2 cm³/mol. The van der Waals surface area contributed by atoms with Gasteiger partial charge in [-0.1, -0.05) is 30.8 Å². The van der Waals surface area contributed by atoms with Crippen molar-refractivity contribution in [2.75, 3.05) is 0 Å². The van der Waals surface area contributed by atoms with E-state index in [-0.39, 0.29) is 5.78 Å². The smallest absolute Gasteiger partial charge is 0.193 e. The molecule has 0 N–H and O–H groups in total. The molecule has 1 nitrogen and oxygen atoms in total. The van der Waals surface area contributed by atoms with Gasteiger partial charge in [0.05, 0.1) is 0 Å². The van der Waals surface area contributed by atoms with Gasteiger partial charge in [0.1, 0.15) is 0 Å². The molecule has 0 aliphatic heterocycles. The zero-order chi connectivity index (χ0) is 8.97. The highest BCUT2D eigenvalue weighted by molar-refractivity contribution is 6.05. The van der Waals surface area contributed by atoms with E-state index in [1.54, 1.807) is 6.07 Å². The molecule has 1 heteroatoms. The number of aryl methyl sites for hydroxylation is 1. The Labute approximate surface area is 72.0 Å². The summed E-state index contributed by atoms with van der Waals surface area (Å²) in [6.07, 6.45) is 1.35. The van der Waals surface area contributed by atoms with E-state index in [2.05, 4.69) is 12.3 Å². The number of ketones is 1. The Balaban J connectivity index is 3.11. The molecule has 0 saturated heterocycles. The van der Waals surface area contributed by atoms with Gasteiger partial charge in [-0.15, -0.1) is 5.73 Å². The minimum absolute atomic E-state index is 0.0388. The molecule has 0 radical (unpaired) electrons. The number of carbonyl (C=O) groups is 1. The van der Waals surface area contributed by atoms with E-state index in [0.717, 1.165) is 5.56 Å². The maximum Gasteiger partial charge on any atom is 0.193 e. The zero-order valence-corrected chi connectivity index (χ0v) is 7.00. The largest absolute Gasteiger partial charge is 0.289 e. The monoisotopic (exact) mass is 158 g/mol. The Hall–Kier alpha value is -1.59. The van der Waals surface area contributed by atoms with Gasteiger partial charge in [0.25, 0.3) is 0 Å². The second-order valence-corrected chi connectivity index (χ2v) is 2.53. The van der Waals surface area contributed by atoms with Crippen LogP contribution in [0, 0.1) is 6.92 Å². The first-order chi connectivity index (χ1) is 5.75. The van der Waals surface area contributed by atoms with Crippen molar-refractivity contribution in [3.8, 4) is 0 Å². The molecule has 0 aliphatic carbocycles. The second-order valence-electron chi connectivity index (χ2n) is 2.53. The minimum Gasteiger partial charge on any atom is -0.289 e. The van der Waals surface area contributed by atoms with E-state index >= 15 is 0 Å². The van der Waals surface area contributed by atoms with Gasteiger partial charge < -0.3 is 0 Å². The summed E-state index contributed by atoms with van der Waals surface area (Å²) in [4.78, 5) is 11.3. The number of benzene rings is 1. The molecule has 12 heavy (non-hydrogen) atoms. The summed E-state index contributed by atoms with van der Waals surface area (Å²) < 4.78 is 0. The third-order valence-corrected chi connectivity index (χ3v) is 1.64. The molecule has 60 valence electrons. The van der Waals surface area contributed by atoms with Gasteiger partial charge in [-0.05, 0) is 12.5 Å². The first kappa shape index (κ1) is 8.51. The lowest BCUT2D eigenvalue weighted by Crippen LogP contribution is -1.96. The van der Waals surface area contributed by atoms with Crippen LogP contribution in [-0.4, -0.2) is 5.78 Å². The molecular weight excluding hydrogens is 148 g/mol. The van der Waals surface area contributed by atoms with Crippen LogP contribution in [0.15, 0.2) is 42.7 Å². The normalized spacial score (nSPS) is 8.75. The van der Waals surface area contributed by atoms with E-state index in [4.69, 9.17) is 0 Å². The molecule has 0 saturated carbocycles. The SMILES string of the molecule is C=C=CC(=O)c1ccccc1C. The van der Waals surface area contributed by atoms with Crippen LogP contribution < -0.4 is 0 Å². The second kappa shape index (κ2) is 3.70. The first-order valence-electron chi connectivity index (χ1n) is 3.71. The molecule has 1 rings (SSSR count). The molecule has 0 atom stereocenters. The van der Waals surface area contributed by atoms with E-state index in [1.165, 1.54) is 6.08 Å². The minimum atomic E-state index is -0.0388. The number of rotatable bonds is 2. The number of hydrogen-bond acceptors (Lipinski definition) is 1. The van der Waals surface area contributed by atoms with Crippen molar-refractivity contribution >= 4 is 5.78 Å². The lowest BCUT2D eigenvalue weighted by Gasteiger charge is -1.98. The molecule has 0 fully saturated rings. The van der Waals surface area contributed by atoms with E-state index in [9.17, 15) is 4.79 Å². The maximum atomic E-state index is 11.3.